The molecule has 150 valence electrons. The van der Waals surface area contributed by atoms with Crippen LogP contribution in [0.3, 0.4) is 0 Å². The maximum absolute atomic E-state index is 13.0. The largest absolute Gasteiger partial charge is 0.497 e. The van der Waals surface area contributed by atoms with Crippen LogP contribution in [0.15, 0.2) is 54.8 Å². The van der Waals surface area contributed by atoms with E-state index in [9.17, 15) is 9.59 Å². The highest BCUT2D eigenvalue weighted by Gasteiger charge is 2.41. The first-order valence-electron chi connectivity index (χ1n) is 9.56. The number of Topliss-reactive ketones (excluding diaryl/α,β-unsaturated/α-hetero) is 1. The number of methoxy groups -OCH3 is 1. The van der Waals surface area contributed by atoms with Crippen molar-refractivity contribution in [1.29, 1.82) is 0 Å². The molecule has 1 fully saturated rings. The molecule has 0 amide bonds. The van der Waals surface area contributed by atoms with Gasteiger partial charge >= 0.3 is 5.97 Å². The minimum absolute atomic E-state index is 0.0705. The number of fused-ring (bicyclic) bond motifs is 1. The summed E-state index contributed by atoms with van der Waals surface area (Å²) in [4.78, 5) is 25.4. The number of benzene rings is 2. The van der Waals surface area contributed by atoms with Crippen LogP contribution in [0, 0.1) is 5.92 Å². The molecule has 0 saturated heterocycles. The van der Waals surface area contributed by atoms with Gasteiger partial charge in [-0.3, -0.25) is 4.79 Å². The lowest BCUT2D eigenvalue weighted by Gasteiger charge is -2.37. The van der Waals surface area contributed by atoms with Crippen molar-refractivity contribution < 1.29 is 23.8 Å². The van der Waals surface area contributed by atoms with Crippen LogP contribution >= 0.6 is 11.6 Å². The van der Waals surface area contributed by atoms with Gasteiger partial charge in [0.2, 0.25) is 0 Å². The second-order valence-electron chi connectivity index (χ2n) is 7.26. The summed E-state index contributed by atoms with van der Waals surface area (Å²) in [5.74, 6) is 0.0507. The van der Waals surface area contributed by atoms with E-state index in [1.807, 2.05) is 12.1 Å². The quantitative estimate of drug-likeness (QED) is 0.682. The summed E-state index contributed by atoms with van der Waals surface area (Å²) >= 11 is 5.93. The Balaban J connectivity index is 1.42. The van der Waals surface area contributed by atoms with E-state index in [4.69, 9.17) is 25.8 Å². The molecule has 1 heterocycles. The lowest BCUT2D eigenvalue weighted by molar-refractivity contribution is -0.126. The zero-order valence-electron chi connectivity index (χ0n) is 16.0. The van der Waals surface area contributed by atoms with Gasteiger partial charge in [0.1, 0.15) is 18.0 Å². The molecule has 6 heteroatoms. The van der Waals surface area contributed by atoms with Crippen molar-refractivity contribution in [3.05, 3.63) is 70.9 Å². The van der Waals surface area contributed by atoms with Crippen LogP contribution in [-0.2, 0) is 14.3 Å². The molecule has 0 spiro atoms. The van der Waals surface area contributed by atoms with Gasteiger partial charge in [-0.1, -0.05) is 29.8 Å². The van der Waals surface area contributed by atoms with Crippen molar-refractivity contribution in [2.45, 2.75) is 31.5 Å². The van der Waals surface area contributed by atoms with Crippen molar-refractivity contribution in [1.82, 2.24) is 0 Å². The third-order valence-corrected chi connectivity index (χ3v) is 5.69. The smallest absolute Gasteiger partial charge is 0.338 e. The number of halogens is 1. The van der Waals surface area contributed by atoms with Crippen molar-refractivity contribution >= 4 is 28.9 Å². The van der Waals surface area contributed by atoms with Gasteiger partial charge in [0.05, 0.1) is 30.4 Å². The van der Waals surface area contributed by atoms with Crippen LogP contribution in [0.2, 0.25) is 5.02 Å². The molecule has 1 saturated carbocycles. The van der Waals surface area contributed by atoms with Crippen LogP contribution in [0.25, 0.3) is 5.57 Å². The van der Waals surface area contributed by atoms with E-state index in [-0.39, 0.29) is 23.9 Å². The summed E-state index contributed by atoms with van der Waals surface area (Å²) in [5.41, 5.74) is 1.80. The second kappa shape index (κ2) is 8.29. The minimum atomic E-state index is -0.396. The molecule has 1 aliphatic heterocycles. The highest BCUT2D eigenvalue weighted by molar-refractivity contribution is 6.30. The zero-order valence-corrected chi connectivity index (χ0v) is 16.7. The van der Waals surface area contributed by atoms with E-state index in [0.29, 0.717) is 41.2 Å². The standard InChI is InChI=1S/C23H21ClO5/c1-27-17-4-2-3-15(11-17)23(26)29-18-9-10-19-21(12-18)28-13-20(22(19)25)14-5-7-16(24)8-6-14/h2-8,11,13,18-19,21H,9-10,12H2,1H3. The van der Waals surface area contributed by atoms with Gasteiger partial charge in [0, 0.05) is 11.4 Å². The van der Waals surface area contributed by atoms with Gasteiger partial charge < -0.3 is 14.2 Å². The van der Waals surface area contributed by atoms with Crippen LogP contribution < -0.4 is 4.74 Å². The first-order valence-corrected chi connectivity index (χ1v) is 9.94. The molecule has 3 atom stereocenters. The molecular weight excluding hydrogens is 392 g/mol. The molecule has 29 heavy (non-hydrogen) atoms. The Labute approximate surface area is 174 Å². The highest BCUT2D eigenvalue weighted by atomic mass is 35.5. The molecule has 0 N–H and O–H groups in total. The maximum Gasteiger partial charge on any atom is 0.338 e. The molecule has 4 rings (SSSR count). The number of allylic oxidation sites excluding steroid dienone is 1. The molecule has 5 nitrogen and oxygen atoms in total. The van der Waals surface area contributed by atoms with Crippen molar-refractivity contribution in [3.63, 3.8) is 0 Å². The number of rotatable bonds is 4. The Morgan fingerprint density at radius 2 is 1.93 bits per heavy atom. The van der Waals surface area contributed by atoms with Gasteiger partial charge in [-0.15, -0.1) is 0 Å². The molecule has 0 aromatic heterocycles. The van der Waals surface area contributed by atoms with E-state index in [1.165, 1.54) is 6.26 Å². The number of hydrogen-bond acceptors (Lipinski definition) is 5. The van der Waals surface area contributed by atoms with E-state index in [0.717, 1.165) is 5.56 Å². The average Bonchev–Trinajstić information content (AvgIpc) is 2.75. The summed E-state index contributed by atoms with van der Waals surface area (Å²) in [6.45, 7) is 0. The predicted octanol–water partition coefficient (Wildman–Crippen LogP) is 4.68. The third-order valence-electron chi connectivity index (χ3n) is 5.44. The molecule has 2 aliphatic rings. The Morgan fingerprint density at radius 1 is 1.14 bits per heavy atom. The van der Waals surface area contributed by atoms with E-state index in [1.54, 1.807) is 43.5 Å². The lowest BCUT2D eigenvalue weighted by atomic mass is 9.78. The summed E-state index contributed by atoms with van der Waals surface area (Å²) in [5, 5.41) is 0.620. The lowest BCUT2D eigenvalue weighted by Crippen LogP contribution is -2.41. The van der Waals surface area contributed by atoms with Crippen LogP contribution in [0.4, 0.5) is 0 Å². The van der Waals surface area contributed by atoms with Crippen molar-refractivity contribution in [2.75, 3.05) is 7.11 Å². The summed E-state index contributed by atoms with van der Waals surface area (Å²) in [7, 11) is 1.55. The number of ether oxygens (including phenoxy) is 3. The Morgan fingerprint density at radius 3 is 2.69 bits per heavy atom. The number of ketones is 1. The Hall–Kier alpha value is -2.79. The topological polar surface area (TPSA) is 61.8 Å². The molecule has 1 aliphatic carbocycles. The molecule has 3 unspecified atom stereocenters. The van der Waals surface area contributed by atoms with Gasteiger partial charge in [0.15, 0.2) is 5.78 Å². The first kappa shape index (κ1) is 19.5. The van der Waals surface area contributed by atoms with E-state index < -0.39 is 5.97 Å². The Bertz CT molecular complexity index is 950. The third kappa shape index (κ3) is 4.15. The fraction of sp³-hybridized carbons (Fsp3) is 0.304. The number of carbonyl (C=O) groups is 2. The summed E-state index contributed by atoms with van der Waals surface area (Å²) in [6.07, 6.45) is 2.70. The van der Waals surface area contributed by atoms with Crippen LogP contribution in [-0.4, -0.2) is 31.1 Å². The SMILES string of the molecule is COc1cccc(C(=O)OC2CCC3C(=O)C(c4ccc(Cl)cc4)=COC3C2)c1. The minimum Gasteiger partial charge on any atom is -0.497 e. The second-order valence-corrected chi connectivity index (χ2v) is 7.69. The molecule has 2 aromatic carbocycles. The van der Waals surface area contributed by atoms with E-state index >= 15 is 0 Å². The number of hydrogen-bond donors (Lipinski definition) is 0. The number of esters is 1. The fourth-order valence-electron chi connectivity index (χ4n) is 3.87. The monoisotopic (exact) mass is 412 g/mol. The van der Waals surface area contributed by atoms with Gasteiger partial charge in [-0.25, -0.2) is 4.79 Å². The maximum atomic E-state index is 13.0. The van der Waals surface area contributed by atoms with Crippen LogP contribution in [0.1, 0.15) is 35.2 Å². The normalized spacial score (nSPS) is 23.4. The number of carbonyl (C=O) groups excluding carboxylic acids is 2. The van der Waals surface area contributed by atoms with Crippen LogP contribution in [0.5, 0.6) is 5.75 Å². The van der Waals surface area contributed by atoms with Gasteiger partial charge in [0.25, 0.3) is 0 Å². The molecule has 0 bridgehead atoms. The van der Waals surface area contributed by atoms with Gasteiger partial charge in [-0.05, 0) is 48.7 Å². The van der Waals surface area contributed by atoms with E-state index in [2.05, 4.69) is 0 Å². The molecule has 0 radical (unpaired) electrons. The molecular formula is C23H21ClO5. The van der Waals surface area contributed by atoms with Crippen molar-refractivity contribution in [2.24, 2.45) is 5.92 Å². The van der Waals surface area contributed by atoms with Gasteiger partial charge in [-0.2, -0.15) is 0 Å². The fourth-order valence-corrected chi connectivity index (χ4v) is 4.00. The first-order chi connectivity index (χ1) is 14.0. The van der Waals surface area contributed by atoms with Crippen molar-refractivity contribution in [3.8, 4) is 5.75 Å². The molecule has 2 aromatic rings. The highest BCUT2D eigenvalue weighted by Crippen LogP contribution is 2.37. The predicted molar refractivity (Wildman–Crippen MR) is 109 cm³/mol. The summed E-state index contributed by atoms with van der Waals surface area (Å²) in [6, 6.07) is 14.0. The summed E-state index contributed by atoms with van der Waals surface area (Å²) < 4.78 is 16.7. The Kier molecular flexibility index (Phi) is 5.58. The zero-order chi connectivity index (χ0) is 20.4. The average molecular weight is 413 g/mol.